The van der Waals surface area contributed by atoms with Gasteiger partial charge in [0, 0.05) is 16.3 Å². The van der Waals surface area contributed by atoms with Gasteiger partial charge in [-0.2, -0.15) is 0 Å². The van der Waals surface area contributed by atoms with Crippen LogP contribution in [0.5, 0.6) is 0 Å². The van der Waals surface area contributed by atoms with Gasteiger partial charge < -0.3 is 0 Å². The van der Waals surface area contributed by atoms with E-state index < -0.39 is 0 Å². The number of benzene rings is 6. The van der Waals surface area contributed by atoms with E-state index >= 15 is 0 Å². The molecule has 0 saturated heterocycles. The summed E-state index contributed by atoms with van der Waals surface area (Å²) in [5.74, 6) is 0.857. The lowest BCUT2D eigenvalue weighted by Crippen LogP contribution is -2.04. The van der Waals surface area contributed by atoms with Gasteiger partial charge in [0.2, 0.25) is 0 Å². The Bertz CT molecular complexity index is 2290. The second-order valence-corrected chi connectivity index (χ2v) is 10.6. The van der Waals surface area contributed by atoms with Crippen molar-refractivity contribution in [1.82, 2.24) is 14.5 Å². The Kier molecular flexibility index (Phi) is 4.39. The Morgan fingerprint density at radius 3 is 2.17 bits per heavy atom. The van der Waals surface area contributed by atoms with Crippen molar-refractivity contribution < 1.29 is 0 Å². The van der Waals surface area contributed by atoms with E-state index in [1.54, 1.807) is 0 Å². The summed E-state index contributed by atoms with van der Waals surface area (Å²) >= 11 is 0. The van der Waals surface area contributed by atoms with E-state index in [9.17, 15) is 0 Å². The number of nitrogens with zero attached hydrogens (tertiary/aromatic N) is 3. The van der Waals surface area contributed by atoms with E-state index in [1.165, 1.54) is 49.3 Å². The number of rotatable bonds is 2. The Labute approximate surface area is 231 Å². The zero-order valence-corrected chi connectivity index (χ0v) is 21.7. The molecular weight excluding hydrogens is 486 g/mol. The van der Waals surface area contributed by atoms with Crippen LogP contribution in [-0.2, 0) is 6.42 Å². The van der Waals surface area contributed by atoms with Gasteiger partial charge in [-0.15, -0.1) is 0 Å². The second kappa shape index (κ2) is 8.11. The number of aromatic nitrogens is 3. The molecular formula is C37H23N3. The molecule has 0 fully saturated rings. The maximum atomic E-state index is 5.31. The lowest BCUT2D eigenvalue weighted by atomic mass is 10.00. The first-order valence-electron chi connectivity index (χ1n) is 13.7. The minimum atomic E-state index is 0.857. The van der Waals surface area contributed by atoms with Crippen LogP contribution >= 0.6 is 0 Å². The molecule has 0 bridgehead atoms. The van der Waals surface area contributed by atoms with Crippen molar-refractivity contribution in [3.63, 3.8) is 0 Å². The number of hydrogen-bond acceptors (Lipinski definition) is 2. The van der Waals surface area contributed by atoms with Gasteiger partial charge in [-0.05, 0) is 69.8 Å². The molecule has 9 rings (SSSR count). The van der Waals surface area contributed by atoms with Crippen molar-refractivity contribution in [2.45, 2.75) is 6.42 Å². The van der Waals surface area contributed by atoms with Gasteiger partial charge in [-0.25, -0.2) is 9.97 Å². The summed E-state index contributed by atoms with van der Waals surface area (Å²) in [5.41, 5.74) is 11.5. The highest BCUT2D eigenvalue weighted by molar-refractivity contribution is 6.22. The average molecular weight is 510 g/mol. The van der Waals surface area contributed by atoms with Gasteiger partial charge in [0.1, 0.15) is 5.69 Å². The van der Waals surface area contributed by atoms with Crippen LogP contribution in [0.4, 0.5) is 0 Å². The van der Waals surface area contributed by atoms with Crippen molar-refractivity contribution in [3.05, 3.63) is 139 Å². The van der Waals surface area contributed by atoms with Crippen molar-refractivity contribution in [3.8, 4) is 28.2 Å². The molecule has 0 saturated carbocycles. The first-order chi connectivity index (χ1) is 19.8. The van der Waals surface area contributed by atoms with Gasteiger partial charge in [0.25, 0.3) is 0 Å². The van der Waals surface area contributed by atoms with Gasteiger partial charge in [0.05, 0.1) is 22.1 Å². The van der Waals surface area contributed by atoms with Crippen LogP contribution in [0.2, 0.25) is 0 Å². The molecule has 1 aliphatic carbocycles. The first kappa shape index (κ1) is 21.6. The topological polar surface area (TPSA) is 30.7 Å². The summed E-state index contributed by atoms with van der Waals surface area (Å²) < 4.78 is 2.35. The summed E-state index contributed by atoms with van der Waals surface area (Å²) in [6, 6.07) is 45.4. The first-order valence-corrected chi connectivity index (χ1v) is 13.7. The molecule has 2 aromatic heterocycles. The highest BCUT2D eigenvalue weighted by Crippen LogP contribution is 2.44. The predicted molar refractivity (Wildman–Crippen MR) is 165 cm³/mol. The van der Waals surface area contributed by atoms with E-state index in [0.717, 1.165) is 40.0 Å². The maximum absolute atomic E-state index is 5.31. The van der Waals surface area contributed by atoms with E-state index in [1.807, 2.05) is 24.3 Å². The summed E-state index contributed by atoms with van der Waals surface area (Å²) in [6.07, 6.45) is 0.943. The summed E-state index contributed by atoms with van der Waals surface area (Å²) in [7, 11) is 0. The minimum Gasteiger partial charge on any atom is -0.292 e. The maximum Gasteiger partial charge on any atom is 0.165 e. The highest BCUT2D eigenvalue weighted by Gasteiger charge is 2.24. The number of para-hydroxylation sites is 2. The molecule has 0 spiro atoms. The SMILES string of the molecule is c1ccc(-c2nc3ccccc3nc2-n2c3cc4c(cc3c3c5ccccc5ccc32)-c2ccccc2C4)cc1. The van der Waals surface area contributed by atoms with E-state index in [0.29, 0.717) is 0 Å². The second-order valence-electron chi connectivity index (χ2n) is 10.6. The monoisotopic (exact) mass is 509 g/mol. The molecule has 0 atom stereocenters. The van der Waals surface area contributed by atoms with E-state index in [4.69, 9.17) is 9.97 Å². The van der Waals surface area contributed by atoms with Crippen molar-refractivity contribution in [2.75, 3.05) is 0 Å². The lowest BCUT2D eigenvalue weighted by Gasteiger charge is -2.14. The summed E-state index contributed by atoms with van der Waals surface area (Å²) in [5, 5.41) is 5.00. The summed E-state index contributed by atoms with van der Waals surface area (Å²) in [6.45, 7) is 0. The average Bonchev–Trinajstić information content (AvgIpc) is 3.54. The molecule has 0 N–H and O–H groups in total. The number of hydrogen-bond donors (Lipinski definition) is 0. The fourth-order valence-electron chi connectivity index (χ4n) is 6.58. The van der Waals surface area contributed by atoms with Crippen LogP contribution in [0.25, 0.3) is 71.8 Å². The third-order valence-electron chi connectivity index (χ3n) is 8.38. The van der Waals surface area contributed by atoms with Crippen LogP contribution < -0.4 is 0 Å². The Morgan fingerprint density at radius 2 is 1.27 bits per heavy atom. The molecule has 3 nitrogen and oxygen atoms in total. The molecule has 6 aromatic carbocycles. The van der Waals surface area contributed by atoms with Crippen LogP contribution in [0.3, 0.4) is 0 Å². The quantitative estimate of drug-likeness (QED) is 0.233. The molecule has 3 heteroatoms. The van der Waals surface area contributed by atoms with Crippen LogP contribution in [-0.4, -0.2) is 14.5 Å². The zero-order chi connectivity index (χ0) is 26.2. The molecule has 40 heavy (non-hydrogen) atoms. The molecule has 0 unspecified atom stereocenters. The van der Waals surface area contributed by atoms with Crippen molar-refractivity contribution in [2.24, 2.45) is 0 Å². The van der Waals surface area contributed by atoms with Gasteiger partial charge in [-0.1, -0.05) is 97.1 Å². The van der Waals surface area contributed by atoms with Crippen LogP contribution in [0, 0.1) is 0 Å². The van der Waals surface area contributed by atoms with Crippen molar-refractivity contribution in [1.29, 1.82) is 0 Å². The fourth-order valence-corrected chi connectivity index (χ4v) is 6.58. The molecule has 0 amide bonds. The molecule has 0 radical (unpaired) electrons. The van der Waals surface area contributed by atoms with Gasteiger partial charge >= 0.3 is 0 Å². The third kappa shape index (κ3) is 3.00. The molecule has 1 aliphatic rings. The predicted octanol–water partition coefficient (Wildman–Crippen LogP) is 9.12. The molecule has 2 heterocycles. The molecule has 0 aliphatic heterocycles. The van der Waals surface area contributed by atoms with Crippen molar-refractivity contribution >= 4 is 43.6 Å². The zero-order valence-electron chi connectivity index (χ0n) is 21.7. The number of fused-ring (bicyclic) bond motifs is 9. The normalized spacial score (nSPS) is 12.4. The highest BCUT2D eigenvalue weighted by atomic mass is 15.1. The molecule has 8 aromatic rings. The standard InChI is InChI=1S/C37H23N3/c1-2-11-24(12-3-1)36-37(39-32-17-9-8-16-31(32)38-36)40-33-19-18-23-10-4-7-15-28(23)35(33)30-22-29-26(21-34(30)40)20-25-13-5-6-14-27(25)29/h1-19,21-22H,20H2. The van der Waals surface area contributed by atoms with E-state index in [-0.39, 0.29) is 0 Å². The molecule has 186 valence electrons. The Balaban J connectivity index is 1.47. The lowest BCUT2D eigenvalue weighted by molar-refractivity contribution is 1.08. The van der Waals surface area contributed by atoms with Gasteiger partial charge in [-0.3, -0.25) is 4.57 Å². The fraction of sp³-hybridized carbons (Fsp3) is 0.0270. The van der Waals surface area contributed by atoms with Gasteiger partial charge in [0.15, 0.2) is 5.82 Å². The minimum absolute atomic E-state index is 0.857. The van der Waals surface area contributed by atoms with E-state index in [2.05, 4.69) is 108 Å². The van der Waals surface area contributed by atoms with Crippen LogP contribution in [0.15, 0.2) is 127 Å². The third-order valence-corrected chi connectivity index (χ3v) is 8.38. The summed E-state index contributed by atoms with van der Waals surface area (Å²) in [4.78, 5) is 10.5. The Hall–Kier alpha value is -5.28. The van der Waals surface area contributed by atoms with Crippen LogP contribution in [0.1, 0.15) is 11.1 Å². The largest absolute Gasteiger partial charge is 0.292 e. The smallest absolute Gasteiger partial charge is 0.165 e. The Morgan fingerprint density at radius 1 is 0.525 bits per heavy atom.